The summed E-state index contributed by atoms with van der Waals surface area (Å²) in [6.45, 7) is 4.58. The molecule has 11 N–H and O–H groups in total. The number of urea groups is 1. The number of hydrogen-bond acceptors (Lipinski definition) is 11. The summed E-state index contributed by atoms with van der Waals surface area (Å²) in [5.74, 6) is 6.30. The fourth-order valence-electron chi connectivity index (χ4n) is 1.09. The number of hydroxylamine groups is 2. The summed E-state index contributed by atoms with van der Waals surface area (Å²) in [6, 6.07) is -0.602. The topological polar surface area (TPSA) is 224 Å². The summed E-state index contributed by atoms with van der Waals surface area (Å²) >= 11 is 0. The first-order valence-corrected chi connectivity index (χ1v) is 6.72. The van der Waals surface area contributed by atoms with E-state index in [1.54, 1.807) is 10.9 Å². The van der Waals surface area contributed by atoms with Crippen molar-refractivity contribution in [3.63, 3.8) is 0 Å². The normalized spacial score (nSPS) is 17.2. The summed E-state index contributed by atoms with van der Waals surface area (Å²) in [5.41, 5.74) is 3.48. The van der Waals surface area contributed by atoms with E-state index in [0.29, 0.717) is 0 Å². The lowest BCUT2D eigenvalue weighted by Gasteiger charge is -2.13. The second-order valence-corrected chi connectivity index (χ2v) is 4.07. The Labute approximate surface area is 138 Å². The van der Waals surface area contributed by atoms with Gasteiger partial charge in [-0.05, 0) is 0 Å². The van der Waals surface area contributed by atoms with Crippen molar-refractivity contribution in [2.75, 3.05) is 19.7 Å². The highest BCUT2D eigenvalue weighted by molar-refractivity contribution is 5.89. The lowest BCUT2D eigenvalue weighted by Crippen LogP contribution is -2.43. The van der Waals surface area contributed by atoms with Gasteiger partial charge in [-0.1, -0.05) is 13.8 Å². The molecular formula is C11H25N5O8. The molecule has 1 rings (SSSR count). The molecule has 2 atom stereocenters. The van der Waals surface area contributed by atoms with Crippen molar-refractivity contribution >= 4 is 12.0 Å². The van der Waals surface area contributed by atoms with Crippen LogP contribution in [0.15, 0.2) is 11.5 Å². The SMILES string of the molecule is CCN(O)CC.NNC(=O)NN.O=C1OC(C(O)CO)C(O)=C1O. The molecule has 0 radical (unpaired) electrons. The van der Waals surface area contributed by atoms with E-state index in [0.717, 1.165) is 13.1 Å². The Balaban J connectivity index is 0. The molecule has 0 spiro atoms. The fraction of sp³-hybridized carbons (Fsp3) is 0.636. The predicted molar refractivity (Wildman–Crippen MR) is 80.0 cm³/mol. The van der Waals surface area contributed by atoms with Gasteiger partial charge >= 0.3 is 12.0 Å². The van der Waals surface area contributed by atoms with Gasteiger partial charge in [-0.3, -0.25) is 10.9 Å². The molecular weight excluding hydrogens is 330 g/mol. The van der Waals surface area contributed by atoms with E-state index in [1.165, 1.54) is 5.06 Å². The third-order valence-corrected chi connectivity index (χ3v) is 2.47. The minimum atomic E-state index is -1.42. The molecule has 0 aliphatic carbocycles. The van der Waals surface area contributed by atoms with E-state index < -0.39 is 42.3 Å². The number of carbonyl (C=O) groups is 2. The molecule has 142 valence electrons. The monoisotopic (exact) mass is 355 g/mol. The third-order valence-electron chi connectivity index (χ3n) is 2.47. The summed E-state index contributed by atoms with van der Waals surface area (Å²) < 4.78 is 4.32. The number of esters is 1. The van der Waals surface area contributed by atoms with Crippen LogP contribution < -0.4 is 22.5 Å². The molecule has 0 aromatic heterocycles. The smallest absolute Gasteiger partial charge is 0.377 e. The van der Waals surface area contributed by atoms with E-state index in [9.17, 15) is 9.59 Å². The zero-order chi connectivity index (χ0) is 19.3. The van der Waals surface area contributed by atoms with E-state index in [1.807, 2.05) is 13.8 Å². The third kappa shape index (κ3) is 9.09. The number of hydrogen-bond donors (Lipinski definition) is 9. The van der Waals surface area contributed by atoms with Crippen LogP contribution in [-0.2, 0) is 9.53 Å². The first-order chi connectivity index (χ1) is 11.2. The van der Waals surface area contributed by atoms with Gasteiger partial charge in [-0.2, -0.15) is 5.06 Å². The van der Waals surface area contributed by atoms with Crippen molar-refractivity contribution in [3.8, 4) is 0 Å². The average molecular weight is 355 g/mol. The number of nitrogens with zero attached hydrogens (tertiary/aromatic N) is 1. The molecule has 2 amide bonds. The largest absolute Gasteiger partial charge is 0.505 e. The number of cyclic esters (lactones) is 1. The van der Waals surface area contributed by atoms with Crippen LogP contribution in [0.25, 0.3) is 0 Å². The van der Waals surface area contributed by atoms with E-state index in [4.69, 9.17) is 25.6 Å². The average Bonchev–Trinajstić information content (AvgIpc) is 2.87. The van der Waals surface area contributed by atoms with Crippen molar-refractivity contribution in [3.05, 3.63) is 11.5 Å². The molecule has 1 heterocycles. The van der Waals surface area contributed by atoms with Crippen LogP contribution in [0.1, 0.15) is 13.8 Å². The maximum absolute atomic E-state index is 10.5. The molecule has 1 aliphatic rings. The highest BCUT2D eigenvalue weighted by Crippen LogP contribution is 2.20. The Bertz CT molecular complexity index is 409. The minimum absolute atomic E-state index is 0.602. The maximum Gasteiger partial charge on any atom is 0.377 e. The van der Waals surface area contributed by atoms with Crippen LogP contribution in [0.4, 0.5) is 4.79 Å². The standard InChI is InChI=1S/C6H8O6.C4H11NO.CH6N4O/c7-1-2(8)5-3(9)4(10)6(11)12-5;1-3-5(6)4-2;2-4-1(6)5-3/h2,5,7-10H,1H2;6H,3-4H2,1-2H3;2-3H2,(H2,4,5,6). The summed E-state index contributed by atoms with van der Waals surface area (Å²) in [4.78, 5) is 20.2. The van der Waals surface area contributed by atoms with Crippen LogP contribution >= 0.6 is 0 Å². The zero-order valence-corrected chi connectivity index (χ0v) is 13.3. The van der Waals surface area contributed by atoms with Gasteiger partial charge in [-0.25, -0.2) is 21.3 Å². The Morgan fingerprint density at radius 1 is 1.29 bits per heavy atom. The van der Waals surface area contributed by atoms with Crippen molar-refractivity contribution < 1.29 is 40.0 Å². The Morgan fingerprint density at radius 2 is 1.75 bits per heavy atom. The summed E-state index contributed by atoms with van der Waals surface area (Å²) in [6.07, 6.45) is -2.78. The van der Waals surface area contributed by atoms with Gasteiger partial charge in [-0.15, -0.1) is 0 Å². The Morgan fingerprint density at radius 3 is 1.92 bits per heavy atom. The quantitative estimate of drug-likeness (QED) is 0.109. The molecule has 13 heteroatoms. The molecule has 0 fully saturated rings. The first kappa shape index (κ1) is 24.1. The lowest BCUT2D eigenvalue weighted by atomic mass is 10.2. The molecule has 2 unspecified atom stereocenters. The molecule has 13 nitrogen and oxygen atoms in total. The number of aliphatic hydroxyl groups is 4. The highest BCUT2D eigenvalue weighted by atomic mass is 16.6. The van der Waals surface area contributed by atoms with Gasteiger partial charge in [0, 0.05) is 13.1 Å². The Hall–Kier alpha value is -2.16. The van der Waals surface area contributed by atoms with Gasteiger partial charge in [0.2, 0.25) is 5.76 Å². The predicted octanol–water partition coefficient (Wildman–Crippen LogP) is -2.66. The fourth-order valence-corrected chi connectivity index (χ4v) is 1.09. The van der Waals surface area contributed by atoms with E-state index >= 15 is 0 Å². The number of ether oxygens (including phenoxy) is 1. The zero-order valence-electron chi connectivity index (χ0n) is 13.3. The van der Waals surface area contributed by atoms with E-state index in [-0.39, 0.29) is 0 Å². The number of nitrogens with one attached hydrogen (secondary N) is 2. The number of amides is 2. The van der Waals surface area contributed by atoms with Crippen molar-refractivity contribution in [2.24, 2.45) is 11.7 Å². The number of hydrazine groups is 2. The van der Waals surface area contributed by atoms with Crippen LogP contribution in [0.3, 0.4) is 0 Å². The van der Waals surface area contributed by atoms with Gasteiger partial charge < -0.3 is 30.4 Å². The summed E-state index contributed by atoms with van der Waals surface area (Å²) in [5, 5.41) is 44.8. The molecule has 0 aromatic carbocycles. The number of carbonyl (C=O) groups excluding carboxylic acids is 2. The van der Waals surface area contributed by atoms with E-state index in [2.05, 4.69) is 16.4 Å². The molecule has 0 saturated heterocycles. The summed E-state index contributed by atoms with van der Waals surface area (Å²) in [7, 11) is 0. The first-order valence-electron chi connectivity index (χ1n) is 6.72. The van der Waals surface area contributed by atoms with Crippen molar-refractivity contribution in [2.45, 2.75) is 26.1 Å². The second-order valence-electron chi connectivity index (χ2n) is 4.07. The maximum atomic E-state index is 10.5. The molecule has 1 aliphatic heterocycles. The van der Waals surface area contributed by atoms with Gasteiger partial charge in [0.05, 0.1) is 6.61 Å². The van der Waals surface area contributed by atoms with Crippen LogP contribution in [0, 0.1) is 0 Å². The van der Waals surface area contributed by atoms with Crippen LogP contribution in [-0.4, -0.2) is 74.6 Å². The van der Waals surface area contributed by atoms with Gasteiger partial charge in [0.25, 0.3) is 0 Å². The lowest BCUT2D eigenvalue weighted by molar-refractivity contribution is -0.147. The van der Waals surface area contributed by atoms with Gasteiger partial charge in [0.15, 0.2) is 11.9 Å². The molecule has 0 aromatic rings. The highest BCUT2D eigenvalue weighted by Gasteiger charge is 2.38. The number of nitrogens with two attached hydrogens (primary N) is 2. The Kier molecular flexibility index (Phi) is 13.3. The van der Waals surface area contributed by atoms with Crippen LogP contribution in [0.2, 0.25) is 0 Å². The van der Waals surface area contributed by atoms with Crippen molar-refractivity contribution in [1.82, 2.24) is 15.9 Å². The number of rotatable bonds is 4. The van der Waals surface area contributed by atoms with Gasteiger partial charge in [0.1, 0.15) is 6.10 Å². The number of aliphatic hydroxyl groups excluding tert-OH is 4. The second kappa shape index (κ2) is 13.3. The minimum Gasteiger partial charge on any atom is -0.505 e. The molecule has 0 saturated carbocycles. The van der Waals surface area contributed by atoms with Crippen molar-refractivity contribution in [1.29, 1.82) is 0 Å². The molecule has 0 bridgehead atoms. The van der Waals surface area contributed by atoms with Crippen LogP contribution in [0.5, 0.6) is 0 Å². The molecule has 24 heavy (non-hydrogen) atoms.